The normalized spacial score (nSPS) is 24.7. The Balaban J connectivity index is 1.69. The van der Waals surface area contributed by atoms with Gasteiger partial charge < -0.3 is 14.6 Å². The van der Waals surface area contributed by atoms with Crippen LogP contribution >= 0.6 is 0 Å². The maximum absolute atomic E-state index is 13.0. The largest absolute Gasteiger partial charge is 0.469 e. The number of nitrogens with one attached hydrogen (secondary N) is 1. The van der Waals surface area contributed by atoms with E-state index in [-0.39, 0.29) is 28.8 Å². The lowest BCUT2D eigenvalue weighted by Crippen LogP contribution is -2.39. The van der Waals surface area contributed by atoms with Gasteiger partial charge >= 0.3 is 5.97 Å². The van der Waals surface area contributed by atoms with Gasteiger partial charge in [0, 0.05) is 24.7 Å². The number of carbonyl (C=O) groups excluding carboxylic acids is 2. The number of aromatic nitrogens is 1. The molecular weight excluding hydrogens is 332 g/mol. The van der Waals surface area contributed by atoms with E-state index in [1.165, 1.54) is 13.3 Å². The number of aryl methyl sites for hydroxylation is 1. The number of esters is 1. The van der Waals surface area contributed by atoms with E-state index >= 15 is 0 Å². The number of amides is 1. The van der Waals surface area contributed by atoms with Gasteiger partial charge in [0.15, 0.2) is 0 Å². The number of benzene rings is 1. The van der Waals surface area contributed by atoms with Crippen LogP contribution in [0.15, 0.2) is 29.2 Å². The Kier molecular flexibility index (Phi) is 3.86. The quantitative estimate of drug-likeness (QED) is 0.839. The molecule has 0 radical (unpaired) electrons. The van der Waals surface area contributed by atoms with Gasteiger partial charge in [-0.2, -0.15) is 0 Å². The molecule has 2 aliphatic rings. The first kappa shape index (κ1) is 16.8. The monoisotopic (exact) mass is 354 g/mol. The molecule has 1 aromatic heterocycles. The van der Waals surface area contributed by atoms with Crippen molar-refractivity contribution in [3.05, 3.63) is 45.7 Å². The van der Waals surface area contributed by atoms with E-state index in [9.17, 15) is 14.4 Å². The number of para-hydroxylation sites is 1. The number of carbonyl (C=O) groups is 2. The molecule has 1 aliphatic heterocycles. The van der Waals surface area contributed by atoms with Crippen molar-refractivity contribution in [2.75, 3.05) is 20.2 Å². The molecule has 2 heterocycles. The summed E-state index contributed by atoms with van der Waals surface area (Å²) in [6, 6.07) is 5.46. The summed E-state index contributed by atoms with van der Waals surface area (Å²) in [5.74, 6) is -0.439. The van der Waals surface area contributed by atoms with E-state index in [1.807, 2.05) is 19.1 Å². The second-order valence-corrected chi connectivity index (χ2v) is 7.45. The lowest BCUT2D eigenvalue weighted by atomic mass is 9.81. The predicted octanol–water partition coefficient (Wildman–Crippen LogP) is 2.25. The fourth-order valence-corrected chi connectivity index (χ4v) is 4.71. The van der Waals surface area contributed by atoms with E-state index in [4.69, 9.17) is 4.74 Å². The molecule has 4 rings (SSSR count). The molecule has 0 bridgehead atoms. The molecule has 26 heavy (non-hydrogen) atoms. The third-order valence-corrected chi connectivity index (χ3v) is 6.10. The Bertz CT molecular complexity index is 964. The van der Waals surface area contributed by atoms with Crippen molar-refractivity contribution < 1.29 is 14.3 Å². The third kappa shape index (κ3) is 2.28. The highest BCUT2D eigenvalue weighted by molar-refractivity contribution is 5.98. The maximum atomic E-state index is 13.0. The van der Waals surface area contributed by atoms with Crippen LogP contribution in [0.25, 0.3) is 10.9 Å². The number of methoxy groups -OCH3 is 1. The first-order valence-corrected chi connectivity index (χ1v) is 8.96. The Hall–Kier alpha value is -2.63. The van der Waals surface area contributed by atoms with Crippen LogP contribution in [-0.4, -0.2) is 42.0 Å². The number of hydrogen-bond acceptors (Lipinski definition) is 4. The van der Waals surface area contributed by atoms with Crippen LogP contribution in [0.1, 0.15) is 35.2 Å². The van der Waals surface area contributed by atoms with Crippen molar-refractivity contribution in [3.63, 3.8) is 0 Å². The second kappa shape index (κ2) is 5.97. The zero-order valence-electron chi connectivity index (χ0n) is 15.0. The second-order valence-electron chi connectivity index (χ2n) is 7.45. The molecule has 1 N–H and O–H groups in total. The fraction of sp³-hybridized carbons (Fsp3) is 0.450. The average molecular weight is 354 g/mol. The number of rotatable bonds is 2. The molecule has 1 saturated carbocycles. The van der Waals surface area contributed by atoms with Crippen molar-refractivity contribution in [2.24, 2.45) is 11.3 Å². The molecule has 0 spiro atoms. The van der Waals surface area contributed by atoms with Gasteiger partial charge in [-0.1, -0.05) is 18.6 Å². The zero-order valence-corrected chi connectivity index (χ0v) is 15.0. The zero-order chi connectivity index (χ0) is 18.5. The first-order valence-electron chi connectivity index (χ1n) is 8.96. The summed E-state index contributed by atoms with van der Waals surface area (Å²) in [6.45, 7) is 2.75. The van der Waals surface area contributed by atoms with Gasteiger partial charge in [-0.15, -0.1) is 0 Å². The Morgan fingerprint density at radius 2 is 2.15 bits per heavy atom. The highest BCUT2D eigenvalue weighted by Gasteiger charge is 2.56. The molecule has 2 aromatic rings. The summed E-state index contributed by atoms with van der Waals surface area (Å²) in [4.78, 5) is 43.0. The molecule has 0 unspecified atom stereocenters. The van der Waals surface area contributed by atoms with Gasteiger partial charge in [-0.05, 0) is 37.3 Å². The molecule has 136 valence electrons. The Labute approximate surface area is 151 Å². The number of H-pyrrole nitrogens is 1. The van der Waals surface area contributed by atoms with Crippen LogP contribution in [0.5, 0.6) is 0 Å². The minimum atomic E-state index is -0.607. The highest BCUT2D eigenvalue weighted by Crippen LogP contribution is 2.49. The summed E-state index contributed by atoms with van der Waals surface area (Å²) in [5.41, 5.74) is 0.960. The summed E-state index contributed by atoms with van der Waals surface area (Å²) in [7, 11) is 1.40. The molecule has 1 saturated heterocycles. The van der Waals surface area contributed by atoms with E-state index in [0.717, 1.165) is 30.3 Å². The van der Waals surface area contributed by atoms with Crippen LogP contribution in [0.2, 0.25) is 0 Å². The van der Waals surface area contributed by atoms with Gasteiger partial charge in [0.1, 0.15) is 5.56 Å². The van der Waals surface area contributed by atoms with E-state index in [2.05, 4.69) is 4.98 Å². The standard InChI is InChI=1S/C20H22N2O4/c1-12-5-3-7-14-16(12)21-9-15(17(14)23)18(24)22-10-13-6-4-8-20(13,11-22)19(25)26-2/h3,5,7,9,13H,4,6,8,10-11H2,1-2H3,(H,21,23)/t13-,20+/m1/s1. The van der Waals surface area contributed by atoms with Crippen molar-refractivity contribution in [1.82, 2.24) is 9.88 Å². The van der Waals surface area contributed by atoms with Gasteiger partial charge in [-0.25, -0.2) is 0 Å². The van der Waals surface area contributed by atoms with Crippen LogP contribution < -0.4 is 5.43 Å². The average Bonchev–Trinajstić information content (AvgIpc) is 3.20. The fourth-order valence-electron chi connectivity index (χ4n) is 4.71. The van der Waals surface area contributed by atoms with Crippen molar-refractivity contribution >= 4 is 22.8 Å². The van der Waals surface area contributed by atoms with Gasteiger partial charge in [0.2, 0.25) is 5.43 Å². The number of likely N-dealkylation sites (tertiary alicyclic amines) is 1. The molecule has 6 heteroatoms. The molecule has 6 nitrogen and oxygen atoms in total. The third-order valence-electron chi connectivity index (χ3n) is 6.10. The predicted molar refractivity (Wildman–Crippen MR) is 97.0 cm³/mol. The molecule has 1 aromatic carbocycles. The Morgan fingerprint density at radius 1 is 1.35 bits per heavy atom. The smallest absolute Gasteiger partial charge is 0.313 e. The van der Waals surface area contributed by atoms with Crippen LogP contribution in [0.3, 0.4) is 0 Å². The van der Waals surface area contributed by atoms with Gasteiger partial charge in [0.25, 0.3) is 5.91 Å². The summed E-state index contributed by atoms with van der Waals surface area (Å²) < 4.78 is 5.02. The highest BCUT2D eigenvalue weighted by atomic mass is 16.5. The molecule has 1 amide bonds. The minimum Gasteiger partial charge on any atom is -0.469 e. The molecule has 1 aliphatic carbocycles. The van der Waals surface area contributed by atoms with Gasteiger partial charge in [-0.3, -0.25) is 14.4 Å². The number of fused-ring (bicyclic) bond motifs is 2. The number of pyridine rings is 1. The maximum Gasteiger partial charge on any atom is 0.313 e. The minimum absolute atomic E-state index is 0.112. The Morgan fingerprint density at radius 3 is 2.92 bits per heavy atom. The topological polar surface area (TPSA) is 79.5 Å². The number of ether oxygens (including phenoxy) is 1. The molecule has 2 atom stereocenters. The van der Waals surface area contributed by atoms with E-state index < -0.39 is 5.41 Å². The van der Waals surface area contributed by atoms with Crippen LogP contribution in [-0.2, 0) is 9.53 Å². The lowest BCUT2D eigenvalue weighted by molar-refractivity contribution is -0.153. The summed E-state index contributed by atoms with van der Waals surface area (Å²) in [5, 5.41) is 0.512. The van der Waals surface area contributed by atoms with Crippen molar-refractivity contribution in [3.8, 4) is 0 Å². The van der Waals surface area contributed by atoms with Crippen LogP contribution in [0, 0.1) is 18.3 Å². The number of aromatic amines is 1. The summed E-state index contributed by atoms with van der Waals surface area (Å²) in [6.07, 6.45) is 4.12. The van der Waals surface area contributed by atoms with E-state index in [0.29, 0.717) is 18.5 Å². The number of nitrogens with zero attached hydrogens (tertiary/aromatic N) is 1. The lowest BCUT2D eigenvalue weighted by Gasteiger charge is -2.25. The van der Waals surface area contributed by atoms with E-state index in [1.54, 1.807) is 11.0 Å². The van der Waals surface area contributed by atoms with Crippen LogP contribution in [0.4, 0.5) is 0 Å². The molecular formula is C20H22N2O4. The first-order chi connectivity index (χ1) is 12.5. The van der Waals surface area contributed by atoms with Gasteiger partial charge in [0.05, 0.1) is 18.0 Å². The number of hydrogen-bond donors (Lipinski definition) is 1. The summed E-state index contributed by atoms with van der Waals surface area (Å²) >= 11 is 0. The molecule has 2 fully saturated rings. The van der Waals surface area contributed by atoms with Crippen molar-refractivity contribution in [2.45, 2.75) is 26.2 Å². The SMILES string of the molecule is COC(=O)[C@]12CCC[C@@H]1CN(C(=O)c1c[nH]c3c(C)cccc3c1=O)C2. The van der Waals surface area contributed by atoms with Crippen molar-refractivity contribution in [1.29, 1.82) is 0 Å².